The van der Waals surface area contributed by atoms with Crippen LogP contribution in [0.1, 0.15) is 19.8 Å². The summed E-state index contributed by atoms with van der Waals surface area (Å²) >= 11 is 0. The molecule has 0 radical (unpaired) electrons. The smallest absolute Gasteiger partial charge is 0.435 e. The lowest BCUT2D eigenvalue weighted by Gasteiger charge is -2.41. The topological polar surface area (TPSA) is 54.0 Å². The van der Waals surface area contributed by atoms with E-state index in [1.54, 1.807) is 6.92 Å². The molecule has 6 nitrogen and oxygen atoms in total. The molecular formula is C13H25N3O3. The summed E-state index contributed by atoms with van der Waals surface area (Å²) in [5.41, 5.74) is 0. The van der Waals surface area contributed by atoms with Gasteiger partial charge in [-0.05, 0) is 39.9 Å². The monoisotopic (exact) mass is 271 g/mol. The van der Waals surface area contributed by atoms with Crippen molar-refractivity contribution in [3.63, 3.8) is 0 Å². The van der Waals surface area contributed by atoms with E-state index in [9.17, 15) is 4.79 Å². The number of carbonyl (C=O) groups is 1. The molecule has 2 aliphatic rings. The summed E-state index contributed by atoms with van der Waals surface area (Å²) in [6.45, 7) is 7.07. The van der Waals surface area contributed by atoms with Crippen LogP contribution in [0, 0.1) is 0 Å². The molecule has 0 aliphatic carbocycles. The third kappa shape index (κ3) is 4.33. The minimum absolute atomic E-state index is 0.243. The Morgan fingerprint density at radius 3 is 2.74 bits per heavy atom. The zero-order valence-corrected chi connectivity index (χ0v) is 11.9. The SMILES string of the molecule is CCOC(=O)OC1CN(C2CCN(C)CC2)CCN1. The molecule has 2 rings (SSSR count). The Labute approximate surface area is 115 Å². The van der Waals surface area contributed by atoms with Gasteiger partial charge in [0, 0.05) is 25.7 Å². The van der Waals surface area contributed by atoms with Gasteiger partial charge in [0.25, 0.3) is 0 Å². The molecule has 2 aliphatic heterocycles. The molecule has 2 saturated heterocycles. The number of nitrogens with zero attached hydrogens (tertiary/aromatic N) is 2. The van der Waals surface area contributed by atoms with Crippen molar-refractivity contribution in [2.75, 3.05) is 46.4 Å². The number of piperazine rings is 1. The molecule has 2 fully saturated rings. The van der Waals surface area contributed by atoms with E-state index in [0.717, 1.165) is 32.7 Å². The van der Waals surface area contributed by atoms with Crippen molar-refractivity contribution in [3.05, 3.63) is 0 Å². The molecule has 6 heteroatoms. The van der Waals surface area contributed by atoms with E-state index in [0.29, 0.717) is 12.6 Å². The summed E-state index contributed by atoms with van der Waals surface area (Å²) in [5.74, 6) is 0. The van der Waals surface area contributed by atoms with Gasteiger partial charge in [0.1, 0.15) is 0 Å². The Kier molecular flexibility index (Phi) is 5.42. The third-order valence-electron chi connectivity index (χ3n) is 3.88. The van der Waals surface area contributed by atoms with Gasteiger partial charge in [0.2, 0.25) is 0 Å². The van der Waals surface area contributed by atoms with Crippen molar-refractivity contribution in [3.8, 4) is 0 Å². The second kappa shape index (κ2) is 7.07. The normalized spacial score (nSPS) is 27.2. The van der Waals surface area contributed by atoms with Crippen LogP contribution in [0.25, 0.3) is 0 Å². The van der Waals surface area contributed by atoms with Crippen LogP contribution in [-0.4, -0.2) is 74.6 Å². The molecule has 1 atom stereocenters. The highest BCUT2D eigenvalue weighted by Gasteiger charge is 2.29. The molecule has 0 saturated carbocycles. The number of ether oxygens (including phenoxy) is 2. The van der Waals surface area contributed by atoms with Crippen LogP contribution < -0.4 is 5.32 Å². The lowest BCUT2D eigenvalue weighted by molar-refractivity contribution is -0.0268. The van der Waals surface area contributed by atoms with Gasteiger partial charge in [0.15, 0.2) is 6.23 Å². The first-order valence-electron chi connectivity index (χ1n) is 7.18. The summed E-state index contributed by atoms with van der Waals surface area (Å²) < 4.78 is 10.1. The molecular weight excluding hydrogens is 246 g/mol. The number of hydrogen-bond donors (Lipinski definition) is 1. The summed E-state index contributed by atoms with van der Waals surface area (Å²) in [6, 6.07) is 0.617. The zero-order chi connectivity index (χ0) is 13.7. The molecule has 0 aromatic rings. The molecule has 0 bridgehead atoms. The minimum atomic E-state index is -0.578. The molecule has 110 valence electrons. The van der Waals surface area contributed by atoms with Gasteiger partial charge in [-0.1, -0.05) is 0 Å². The largest absolute Gasteiger partial charge is 0.509 e. The van der Waals surface area contributed by atoms with E-state index in [-0.39, 0.29) is 6.23 Å². The highest BCUT2D eigenvalue weighted by Crippen LogP contribution is 2.17. The Morgan fingerprint density at radius 1 is 1.32 bits per heavy atom. The van der Waals surface area contributed by atoms with Gasteiger partial charge in [-0.2, -0.15) is 0 Å². The van der Waals surface area contributed by atoms with Crippen LogP contribution in [0.2, 0.25) is 0 Å². The van der Waals surface area contributed by atoms with E-state index < -0.39 is 6.16 Å². The maximum atomic E-state index is 11.3. The van der Waals surface area contributed by atoms with E-state index in [4.69, 9.17) is 9.47 Å². The molecule has 0 aromatic heterocycles. The first-order chi connectivity index (χ1) is 9.19. The average Bonchev–Trinajstić information content (AvgIpc) is 2.40. The Hall–Kier alpha value is -0.850. The van der Waals surface area contributed by atoms with Crippen LogP contribution >= 0.6 is 0 Å². The number of rotatable bonds is 3. The predicted octanol–water partition coefficient (Wildman–Crippen LogP) is 0.485. The van der Waals surface area contributed by atoms with Gasteiger partial charge in [-0.3, -0.25) is 10.2 Å². The van der Waals surface area contributed by atoms with E-state index in [1.165, 1.54) is 12.8 Å². The Balaban J connectivity index is 1.78. The third-order valence-corrected chi connectivity index (χ3v) is 3.88. The van der Waals surface area contributed by atoms with Crippen molar-refractivity contribution in [1.29, 1.82) is 0 Å². The summed E-state index contributed by atoms with van der Waals surface area (Å²) in [5, 5.41) is 3.21. The first-order valence-corrected chi connectivity index (χ1v) is 7.18. The van der Waals surface area contributed by atoms with Gasteiger partial charge < -0.3 is 14.4 Å². The Bertz CT molecular complexity index is 293. The number of piperidine rings is 1. The highest BCUT2D eigenvalue weighted by atomic mass is 16.7. The average molecular weight is 271 g/mol. The van der Waals surface area contributed by atoms with Crippen LogP contribution in [0.4, 0.5) is 4.79 Å². The maximum absolute atomic E-state index is 11.3. The van der Waals surface area contributed by atoms with Crippen LogP contribution in [0.15, 0.2) is 0 Å². The fraction of sp³-hybridized carbons (Fsp3) is 0.923. The van der Waals surface area contributed by atoms with E-state index in [1.807, 2.05) is 0 Å². The standard InChI is InChI=1S/C13H25N3O3/c1-3-18-13(17)19-12-10-16(9-6-14-12)11-4-7-15(2)8-5-11/h11-12,14H,3-10H2,1-2H3. The molecule has 0 spiro atoms. The second-order valence-electron chi connectivity index (χ2n) is 5.27. The van der Waals surface area contributed by atoms with Gasteiger partial charge in [-0.15, -0.1) is 0 Å². The molecule has 0 aromatic carbocycles. The van der Waals surface area contributed by atoms with Crippen LogP contribution in [0.5, 0.6) is 0 Å². The lowest BCUT2D eigenvalue weighted by Crippen LogP contribution is -2.57. The van der Waals surface area contributed by atoms with Crippen molar-refractivity contribution in [2.45, 2.75) is 32.0 Å². The number of hydrogen-bond acceptors (Lipinski definition) is 6. The first kappa shape index (κ1) is 14.6. The molecule has 19 heavy (non-hydrogen) atoms. The summed E-state index contributed by atoms with van der Waals surface area (Å²) in [4.78, 5) is 16.1. The lowest BCUT2D eigenvalue weighted by atomic mass is 10.0. The van der Waals surface area contributed by atoms with Crippen molar-refractivity contribution in [1.82, 2.24) is 15.1 Å². The molecule has 1 N–H and O–H groups in total. The summed E-state index contributed by atoms with van der Waals surface area (Å²) in [7, 11) is 2.17. The molecule has 1 unspecified atom stereocenters. The highest BCUT2D eigenvalue weighted by molar-refractivity contribution is 5.60. The fourth-order valence-electron chi connectivity index (χ4n) is 2.78. The minimum Gasteiger partial charge on any atom is -0.435 e. The van der Waals surface area contributed by atoms with Gasteiger partial charge >= 0.3 is 6.16 Å². The zero-order valence-electron chi connectivity index (χ0n) is 11.9. The van der Waals surface area contributed by atoms with E-state index in [2.05, 4.69) is 22.2 Å². The van der Waals surface area contributed by atoms with E-state index >= 15 is 0 Å². The van der Waals surface area contributed by atoms with Gasteiger partial charge in [-0.25, -0.2) is 4.79 Å². The predicted molar refractivity (Wildman–Crippen MR) is 72.0 cm³/mol. The van der Waals surface area contributed by atoms with Crippen molar-refractivity contribution >= 4 is 6.16 Å². The quantitative estimate of drug-likeness (QED) is 0.754. The summed E-state index contributed by atoms with van der Waals surface area (Å²) in [6.07, 6.45) is 1.57. The Morgan fingerprint density at radius 2 is 2.05 bits per heavy atom. The van der Waals surface area contributed by atoms with Crippen LogP contribution in [-0.2, 0) is 9.47 Å². The van der Waals surface area contributed by atoms with Crippen molar-refractivity contribution < 1.29 is 14.3 Å². The number of carbonyl (C=O) groups excluding carboxylic acids is 1. The number of likely N-dealkylation sites (tertiary alicyclic amines) is 1. The van der Waals surface area contributed by atoms with Gasteiger partial charge in [0.05, 0.1) is 6.61 Å². The number of nitrogens with one attached hydrogen (secondary N) is 1. The molecule has 2 heterocycles. The van der Waals surface area contributed by atoms with Crippen molar-refractivity contribution in [2.24, 2.45) is 0 Å². The van der Waals surface area contributed by atoms with Crippen LogP contribution in [0.3, 0.4) is 0 Å². The fourth-order valence-corrected chi connectivity index (χ4v) is 2.78. The molecule has 0 amide bonds. The maximum Gasteiger partial charge on any atom is 0.509 e. The second-order valence-corrected chi connectivity index (χ2v) is 5.27.